The molecule has 0 amide bonds. The number of halogens is 1. The zero-order valence-electron chi connectivity index (χ0n) is 11.8. The summed E-state index contributed by atoms with van der Waals surface area (Å²) < 4.78 is 11.5. The van der Waals surface area contributed by atoms with Gasteiger partial charge in [0.25, 0.3) is 0 Å². The highest BCUT2D eigenvalue weighted by molar-refractivity contribution is 5.85. The molecule has 0 saturated carbocycles. The largest absolute Gasteiger partial charge is 0.491 e. The second-order valence-electron chi connectivity index (χ2n) is 5.12. The zero-order valence-corrected chi connectivity index (χ0v) is 12.6. The fraction of sp³-hybridized carbons (Fsp3) is 0.643. The van der Waals surface area contributed by atoms with E-state index in [9.17, 15) is 0 Å². The molecule has 1 fully saturated rings. The lowest BCUT2D eigenvalue weighted by molar-refractivity contribution is 0.145. The van der Waals surface area contributed by atoms with Crippen LogP contribution >= 0.6 is 12.4 Å². The van der Waals surface area contributed by atoms with Gasteiger partial charge in [0, 0.05) is 24.8 Å². The molecule has 5 heteroatoms. The van der Waals surface area contributed by atoms with Crippen LogP contribution in [0.2, 0.25) is 0 Å². The predicted octanol–water partition coefficient (Wildman–Crippen LogP) is 2.81. The Morgan fingerprint density at radius 2 is 2.16 bits per heavy atom. The molecule has 1 N–H and O–H groups in total. The summed E-state index contributed by atoms with van der Waals surface area (Å²) in [5.41, 5.74) is 0. The minimum absolute atomic E-state index is 0. The van der Waals surface area contributed by atoms with E-state index in [0.717, 1.165) is 25.1 Å². The van der Waals surface area contributed by atoms with Gasteiger partial charge in [-0.15, -0.1) is 12.4 Å². The molecule has 0 bridgehead atoms. The number of pyridine rings is 1. The fourth-order valence-corrected chi connectivity index (χ4v) is 2.05. The highest BCUT2D eigenvalue weighted by Crippen LogP contribution is 2.20. The van der Waals surface area contributed by atoms with E-state index in [1.807, 2.05) is 26.0 Å². The van der Waals surface area contributed by atoms with Gasteiger partial charge in [0.15, 0.2) is 0 Å². The number of nitrogens with zero attached hydrogens (tertiary/aromatic N) is 1. The molecule has 1 aliphatic heterocycles. The number of ether oxygens (including phenoxy) is 2. The first-order valence-corrected chi connectivity index (χ1v) is 6.66. The Bertz CT molecular complexity index is 379. The van der Waals surface area contributed by atoms with Crippen molar-refractivity contribution in [3.8, 4) is 11.6 Å². The molecule has 0 radical (unpaired) electrons. The third-order valence-corrected chi connectivity index (χ3v) is 2.98. The molecule has 1 aliphatic rings. The summed E-state index contributed by atoms with van der Waals surface area (Å²) in [5.74, 6) is 1.46. The SMILES string of the molecule is CC(C)Oc1ccnc(O[C@@H]2CC[C@@H](C)NC2)c1.Cl. The minimum Gasteiger partial charge on any atom is -0.491 e. The first-order valence-electron chi connectivity index (χ1n) is 6.66. The molecule has 108 valence electrons. The maximum absolute atomic E-state index is 5.87. The molecule has 0 spiro atoms. The van der Waals surface area contributed by atoms with Gasteiger partial charge in [-0.1, -0.05) is 0 Å². The van der Waals surface area contributed by atoms with Crippen molar-refractivity contribution >= 4 is 12.4 Å². The quantitative estimate of drug-likeness (QED) is 0.924. The number of rotatable bonds is 4. The lowest BCUT2D eigenvalue weighted by Crippen LogP contribution is -2.42. The first-order chi connectivity index (χ1) is 8.63. The molecule has 1 aromatic rings. The van der Waals surface area contributed by atoms with Crippen LogP contribution in [0.15, 0.2) is 18.3 Å². The molecule has 2 heterocycles. The van der Waals surface area contributed by atoms with Crippen LogP contribution in [0.5, 0.6) is 11.6 Å². The van der Waals surface area contributed by atoms with Gasteiger partial charge in [0.05, 0.1) is 6.10 Å². The highest BCUT2D eigenvalue weighted by atomic mass is 35.5. The van der Waals surface area contributed by atoms with Crippen molar-refractivity contribution in [1.29, 1.82) is 0 Å². The summed E-state index contributed by atoms with van der Waals surface area (Å²) in [6, 6.07) is 4.31. The maximum Gasteiger partial charge on any atom is 0.217 e. The van der Waals surface area contributed by atoms with Gasteiger partial charge >= 0.3 is 0 Å². The molecule has 2 rings (SSSR count). The van der Waals surface area contributed by atoms with Crippen LogP contribution in [0, 0.1) is 0 Å². The average Bonchev–Trinajstić information content (AvgIpc) is 2.32. The Balaban J connectivity index is 0.00000180. The normalized spacial score (nSPS) is 22.7. The Morgan fingerprint density at radius 3 is 2.79 bits per heavy atom. The topological polar surface area (TPSA) is 43.4 Å². The molecule has 0 unspecified atom stereocenters. The van der Waals surface area contributed by atoms with E-state index in [1.54, 1.807) is 6.20 Å². The fourth-order valence-electron chi connectivity index (χ4n) is 2.05. The van der Waals surface area contributed by atoms with E-state index in [2.05, 4.69) is 17.2 Å². The number of hydrogen-bond acceptors (Lipinski definition) is 4. The Labute approximate surface area is 121 Å². The van der Waals surface area contributed by atoms with Crippen molar-refractivity contribution in [3.63, 3.8) is 0 Å². The molecule has 0 aliphatic carbocycles. The molecular formula is C14H23ClN2O2. The molecular weight excluding hydrogens is 264 g/mol. The number of nitrogens with one attached hydrogen (secondary N) is 1. The molecule has 19 heavy (non-hydrogen) atoms. The zero-order chi connectivity index (χ0) is 13.0. The van der Waals surface area contributed by atoms with Gasteiger partial charge in [0.2, 0.25) is 5.88 Å². The van der Waals surface area contributed by atoms with E-state index >= 15 is 0 Å². The lowest BCUT2D eigenvalue weighted by Gasteiger charge is -2.27. The van der Waals surface area contributed by atoms with Crippen LogP contribution in [0.1, 0.15) is 33.6 Å². The van der Waals surface area contributed by atoms with Crippen LogP contribution in [0.25, 0.3) is 0 Å². The number of aromatic nitrogens is 1. The third kappa shape index (κ3) is 5.25. The van der Waals surface area contributed by atoms with Crippen molar-refractivity contribution in [1.82, 2.24) is 10.3 Å². The van der Waals surface area contributed by atoms with Gasteiger partial charge in [-0.2, -0.15) is 0 Å². The van der Waals surface area contributed by atoms with Crippen LogP contribution in [0.4, 0.5) is 0 Å². The summed E-state index contributed by atoms with van der Waals surface area (Å²) >= 11 is 0. The van der Waals surface area contributed by atoms with Crippen LogP contribution in [-0.2, 0) is 0 Å². The molecule has 1 saturated heterocycles. The number of hydrogen-bond donors (Lipinski definition) is 1. The second-order valence-corrected chi connectivity index (χ2v) is 5.12. The van der Waals surface area contributed by atoms with Gasteiger partial charge < -0.3 is 14.8 Å². The van der Waals surface area contributed by atoms with Crippen molar-refractivity contribution in [2.75, 3.05) is 6.54 Å². The van der Waals surface area contributed by atoms with Gasteiger partial charge in [0.1, 0.15) is 11.9 Å². The van der Waals surface area contributed by atoms with E-state index in [-0.39, 0.29) is 24.6 Å². The predicted molar refractivity (Wildman–Crippen MR) is 78.4 cm³/mol. The van der Waals surface area contributed by atoms with E-state index in [4.69, 9.17) is 9.47 Å². The van der Waals surface area contributed by atoms with Crippen molar-refractivity contribution in [2.24, 2.45) is 0 Å². The Morgan fingerprint density at radius 1 is 1.37 bits per heavy atom. The Kier molecular flexibility index (Phi) is 6.38. The second kappa shape index (κ2) is 7.56. The molecule has 0 aromatic carbocycles. The summed E-state index contributed by atoms with van der Waals surface area (Å²) in [5, 5.41) is 3.42. The van der Waals surface area contributed by atoms with Crippen LogP contribution in [-0.4, -0.2) is 29.8 Å². The molecule has 2 atom stereocenters. The lowest BCUT2D eigenvalue weighted by atomic mass is 10.0. The van der Waals surface area contributed by atoms with Crippen molar-refractivity contribution in [3.05, 3.63) is 18.3 Å². The smallest absolute Gasteiger partial charge is 0.217 e. The van der Waals surface area contributed by atoms with Gasteiger partial charge in [-0.3, -0.25) is 0 Å². The van der Waals surface area contributed by atoms with E-state index in [0.29, 0.717) is 11.9 Å². The molecule has 4 nitrogen and oxygen atoms in total. The molecule has 1 aromatic heterocycles. The summed E-state index contributed by atoms with van der Waals surface area (Å²) in [7, 11) is 0. The standard InChI is InChI=1S/C14H22N2O2.ClH/c1-10(2)17-12-6-7-15-14(8-12)18-13-5-4-11(3)16-9-13;/h6-8,10-11,13,16H,4-5,9H2,1-3H3;1H/t11-,13-;/m1./s1. The summed E-state index contributed by atoms with van der Waals surface area (Å²) in [4.78, 5) is 4.23. The highest BCUT2D eigenvalue weighted by Gasteiger charge is 2.19. The van der Waals surface area contributed by atoms with Gasteiger partial charge in [-0.25, -0.2) is 4.98 Å². The average molecular weight is 287 g/mol. The van der Waals surface area contributed by atoms with Crippen LogP contribution in [0.3, 0.4) is 0 Å². The van der Waals surface area contributed by atoms with Crippen molar-refractivity contribution in [2.45, 2.75) is 51.9 Å². The van der Waals surface area contributed by atoms with Gasteiger partial charge in [-0.05, 0) is 39.7 Å². The maximum atomic E-state index is 5.87. The van der Waals surface area contributed by atoms with Crippen LogP contribution < -0.4 is 14.8 Å². The first kappa shape index (κ1) is 16.1. The van der Waals surface area contributed by atoms with Crippen molar-refractivity contribution < 1.29 is 9.47 Å². The monoisotopic (exact) mass is 286 g/mol. The van der Waals surface area contributed by atoms with E-state index < -0.39 is 0 Å². The summed E-state index contributed by atoms with van der Waals surface area (Å²) in [6.45, 7) is 7.10. The Hall–Kier alpha value is -1.00. The summed E-state index contributed by atoms with van der Waals surface area (Å²) in [6.07, 6.45) is 4.32. The van der Waals surface area contributed by atoms with E-state index in [1.165, 1.54) is 0 Å². The number of piperidine rings is 1. The minimum atomic E-state index is 0. The third-order valence-electron chi connectivity index (χ3n) is 2.98.